The number of alkyl halides is 3. The molecule has 1 aromatic carbocycles. The van der Waals surface area contributed by atoms with E-state index in [4.69, 9.17) is 14.6 Å². The van der Waals surface area contributed by atoms with E-state index in [0.717, 1.165) is 36.4 Å². The van der Waals surface area contributed by atoms with E-state index in [1.807, 2.05) is 6.07 Å². The lowest BCUT2D eigenvalue weighted by molar-refractivity contribution is -0.146. The third kappa shape index (κ3) is 5.31. The van der Waals surface area contributed by atoms with Gasteiger partial charge in [0.15, 0.2) is 0 Å². The van der Waals surface area contributed by atoms with Crippen LogP contribution in [0.2, 0.25) is 0 Å². The molecule has 0 bridgehead atoms. The second-order valence-corrected chi connectivity index (χ2v) is 11.9. The number of primary amides is 1. The Hall–Kier alpha value is -3.12. The lowest BCUT2D eigenvalue weighted by Crippen LogP contribution is -2.59. The van der Waals surface area contributed by atoms with Crippen molar-refractivity contribution in [3.05, 3.63) is 46.8 Å². The topological polar surface area (TPSA) is 96.9 Å². The van der Waals surface area contributed by atoms with Gasteiger partial charge in [-0.3, -0.25) is 24.1 Å². The first-order chi connectivity index (χ1) is 20.6. The Bertz CT molecular complexity index is 1440. The number of carbonyl (C=O) groups excluding carboxylic acids is 2. The summed E-state index contributed by atoms with van der Waals surface area (Å²) in [6.45, 7) is 3.55. The van der Waals surface area contributed by atoms with Crippen LogP contribution in [-0.2, 0) is 22.3 Å². The third-order valence-corrected chi connectivity index (χ3v) is 9.28. The van der Waals surface area contributed by atoms with Crippen molar-refractivity contribution in [2.24, 2.45) is 5.73 Å². The fourth-order valence-electron chi connectivity index (χ4n) is 6.84. The Morgan fingerprint density at radius 3 is 2.61 bits per heavy atom. The molecule has 12 heteroatoms. The average molecular weight is 578 g/mol. The highest BCUT2D eigenvalue weighted by Gasteiger charge is 2.54. The number of halogens is 3. The van der Waals surface area contributed by atoms with Crippen molar-refractivity contribution in [1.82, 2.24) is 24.5 Å². The summed E-state index contributed by atoms with van der Waals surface area (Å²) in [5.74, 6) is -0.735. The predicted molar refractivity (Wildman–Crippen MR) is 144 cm³/mol. The van der Waals surface area contributed by atoms with E-state index in [-0.39, 0.29) is 35.7 Å². The second-order valence-electron chi connectivity index (χ2n) is 11.9. The molecule has 41 heavy (non-hydrogen) atoms. The zero-order valence-corrected chi connectivity index (χ0v) is 23.0. The number of nitrogens with zero attached hydrogens (tertiary/aromatic N) is 5. The van der Waals surface area contributed by atoms with Crippen LogP contribution in [0.1, 0.15) is 70.7 Å². The van der Waals surface area contributed by atoms with Crippen LogP contribution in [0, 0.1) is 6.92 Å². The number of nitrogens with two attached hydrogens (primary N) is 1. The van der Waals surface area contributed by atoms with Crippen molar-refractivity contribution in [2.45, 2.75) is 75.3 Å². The number of hydrogen-bond acceptors (Lipinski definition) is 6. The Morgan fingerprint density at radius 2 is 1.95 bits per heavy atom. The molecule has 3 heterocycles. The van der Waals surface area contributed by atoms with E-state index in [9.17, 15) is 22.8 Å². The molecule has 2 atom stereocenters. The van der Waals surface area contributed by atoms with Crippen molar-refractivity contribution >= 4 is 11.8 Å². The van der Waals surface area contributed by atoms with Crippen molar-refractivity contribution in [3.8, 4) is 5.75 Å². The van der Waals surface area contributed by atoms with Crippen LogP contribution >= 0.6 is 0 Å². The molecule has 0 radical (unpaired) electrons. The number of aromatic nitrogens is 2. The van der Waals surface area contributed by atoms with Gasteiger partial charge in [0.2, 0.25) is 11.8 Å². The number of ether oxygens (including phenoxy) is 1. The summed E-state index contributed by atoms with van der Waals surface area (Å²) in [5, 5.41) is 4.20. The van der Waals surface area contributed by atoms with Crippen LogP contribution in [0.3, 0.4) is 0 Å². The van der Waals surface area contributed by atoms with Crippen LogP contribution in [0.5, 0.6) is 5.75 Å². The minimum absolute atomic E-state index is 0.0112. The second kappa shape index (κ2) is 10.3. The molecule has 2 aliphatic heterocycles. The molecular weight excluding hydrogens is 537 g/mol. The maximum atomic E-state index is 14.0. The molecule has 2 N–H and O–H groups in total. The highest BCUT2D eigenvalue weighted by molar-refractivity contribution is 5.77. The molecule has 2 aliphatic carbocycles. The van der Waals surface area contributed by atoms with E-state index in [2.05, 4.69) is 14.9 Å². The van der Waals surface area contributed by atoms with Crippen LogP contribution < -0.4 is 10.5 Å². The molecular formula is C29H37F3N6O3. The van der Waals surface area contributed by atoms with Crippen molar-refractivity contribution in [1.29, 1.82) is 0 Å². The van der Waals surface area contributed by atoms with Crippen molar-refractivity contribution in [2.75, 3.05) is 39.8 Å². The van der Waals surface area contributed by atoms with E-state index in [0.29, 0.717) is 49.4 Å². The fourth-order valence-corrected chi connectivity index (χ4v) is 6.84. The lowest BCUT2D eigenvalue weighted by Gasteiger charge is -2.46. The number of rotatable bonds is 8. The molecule has 1 spiro atoms. The maximum Gasteiger partial charge on any atom is 0.433 e. The number of amides is 2. The number of hydrogen-bond donors (Lipinski definition) is 1. The molecule has 4 aliphatic rings. The number of carbonyl (C=O) groups is 2. The molecule has 2 saturated heterocycles. The quantitative estimate of drug-likeness (QED) is 0.518. The van der Waals surface area contributed by atoms with Gasteiger partial charge in [0, 0.05) is 43.7 Å². The summed E-state index contributed by atoms with van der Waals surface area (Å²) in [6.07, 6.45) is -0.694. The van der Waals surface area contributed by atoms with Gasteiger partial charge in [-0.2, -0.15) is 18.3 Å². The van der Waals surface area contributed by atoms with E-state index < -0.39 is 37.4 Å². The van der Waals surface area contributed by atoms with Crippen molar-refractivity contribution < 1.29 is 31.6 Å². The molecule has 222 valence electrons. The standard InChI is InChI=1S/C29H37F3N6O3/c1-18-20(4-3-5-23(18)41-2)27-22(35-12-13-36(15-25(33)39)28(17-35)9-10-28)8-11-37(27)26(40)16-38-24(29(30,31)32)14-21(34-38)19-6-7-19/h3-5,14,19,22,27H,6-13,15-17H2,1-2H3,(H2,33,39)/t22-,27-/m1/s1/i2D3. The largest absolute Gasteiger partial charge is 0.496 e. The summed E-state index contributed by atoms with van der Waals surface area (Å²) < 4.78 is 70.7. The monoisotopic (exact) mass is 577 g/mol. The van der Waals surface area contributed by atoms with Gasteiger partial charge in [0.25, 0.3) is 0 Å². The lowest BCUT2D eigenvalue weighted by atomic mass is 9.93. The average Bonchev–Trinajstić information content (AvgIpc) is 3.83. The number of methoxy groups -OCH3 is 1. The minimum Gasteiger partial charge on any atom is -0.496 e. The number of piperazine rings is 1. The van der Waals surface area contributed by atoms with Gasteiger partial charge in [-0.1, -0.05) is 12.1 Å². The summed E-state index contributed by atoms with van der Waals surface area (Å²) >= 11 is 0. The fraction of sp³-hybridized carbons (Fsp3) is 0.621. The molecule has 1 aromatic heterocycles. The summed E-state index contributed by atoms with van der Waals surface area (Å²) in [5.41, 5.74) is 5.99. The van der Waals surface area contributed by atoms with E-state index in [1.165, 1.54) is 0 Å². The molecule has 4 fully saturated rings. The third-order valence-electron chi connectivity index (χ3n) is 9.28. The molecule has 6 rings (SSSR count). The zero-order valence-electron chi connectivity index (χ0n) is 26.0. The number of benzene rings is 1. The normalized spacial score (nSPS) is 26.0. The Balaban J connectivity index is 1.32. The first-order valence-corrected chi connectivity index (χ1v) is 14.2. The van der Waals surface area contributed by atoms with Gasteiger partial charge in [-0.05, 0) is 62.3 Å². The van der Waals surface area contributed by atoms with E-state index in [1.54, 1.807) is 24.0 Å². The van der Waals surface area contributed by atoms with Gasteiger partial charge in [0.1, 0.15) is 18.0 Å². The minimum atomic E-state index is -4.66. The first-order valence-electron chi connectivity index (χ1n) is 15.7. The summed E-state index contributed by atoms with van der Waals surface area (Å²) in [4.78, 5) is 31.7. The SMILES string of the molecule is [2H]C([2H])([2H])Oc1cccc([C@@H]2[C@H](N3CCN(CC(N)=O)C4(CC4)C3)CCN2C(=O)Cn2nc(C3CC3)cc2C(F)(F)F)c1C. The van der Waals surface area contributed by atoms with Gasteiger partial charge >= 0.3 is 6.18 Å². The zero-order chi connectivity index (χ0) is 31.6. The Kier molecular flexibility index (Phi) is 6.15. The first kappa shape index (κ1) is 24.5. The number of likely N-dealkylation sites (tertiary alicyclic amines) is 1. The Morgan fingerprint density at radius 1 is 1.17 bits per heavy atom. The van der Waals surface area contributed by atoms with Crippen molar-refractivity contribution in [3.63, 3.8) is 0 Å². The maximum absolute atomic E-state index is 14.0. The molecule has 2 aromatic rings. The Labute approximate surface area is 241 Å². The summed E-state index contributed by atoms with van der Waals surface area (Å²) in [6, 6.07) is 5.36. The molecule has 0 unspecified atom stereocenters. The highest BCUT2D eigenvalue weighted by Crippen LogP contribution is 2.47. The van der Waals surface area contributed by atoms with Crippen LogP contribution in [0.4, 0.5) is 13.2 Å². The van der Waals surface area contributed by atoms with Crippen LogP contribution in [-0.4, -0.2) is 87.6 Å². The van der Waals surface area contributed by atoms with Crippen LogP contribution in [0.25, 0.3) is 0 Å². The van der Waals surface area contributed by atoms with Crippen LogP contribution in [0.15, 0.2) is 24.3 Å². The van der Waals surface area contributed by atoms with E-state index >= 15 is 0 Å². The van der Waals surface area contributed by atoms with Gasteiger partial charge in [-0.15, -0.1) is 0 Å². The predicted octanol–water partition coefficient (Wildman–Crippen LogP) is 3.07. The highest BCUT2D eigenvalue weighted by atomic mass is 19.4. The molecule has 2 amide bonds. The molecule has 9 nitrogen and oxygen atoms in total. The van der Waals surface area contributed by atoms with Gasteiger partial charge in [-0.25, -0.2) is 0 Å². The van der Waals surface area contributed by atoms with Gasteiger partial charge in [0.05, 0.1) is 29.4 Å². The smallest absolute Gasteiger partial charge is 0.433 e. The summed E-state index contributed by atoms with van der Waals surface area (Å²) in [7, 11) is -2.68. The van der Waals surface area contributed by atoms with Gasteiger partial charge < -0.3 is 15.4 Å². The molecule has 2 saturated carbocycles.